The molecular formula is C29H32N2O6S. The van der Waals surface area contributed by atoms with Crippen LogP contribution >= 0.6 is 11.8 Å². The van der Waals surface area contributed by atoms with Gasteiger partial charge in [0.2, 0.25) is 5.91 Å². The van der Waals surface area contributed by atoms with Crippen LogP contribution in [0.1, 0.15) is 24.5 Å². The second-order valence-corrected chi connectivity index (χ2v) is 9.85. The maximum atomic E-state index is 12.8. The average molecular weight is 537 g/mol. The second-order valence-electron chi connectivity index (χ2n) is 8.84. The fraction of sp³-hybridized carbons (Fsp3) is 0.345. The summed E-state index contributed by atoms with van der Waals surface area (Å²) in [6, 6.07) is 13.6. The molecule has 2 aromatic carbocycles. The largest absolute Gasteiger partial charge is 0.492 e. The molecular weight excluding hydrogens is 504 g/mol. The number of hydrogen-bond acceptors (Lipinski definition) is 7. The number of carboxylic acids is 1. The van der Waals surface area contributed by atoms with Crippen molar-refractivity contribution in [3.63, 3.8) is 0 Å². The van der Waals surface area contributed by atoms with Gasteiger partial charge in [0.25, 0.3) is 0 Å². The number of aliphatic carboxylic acids is 1. The molecule has 0 saturated carbocycles. The number of carbonyl (C=O) groups is 2. The van der Waals surface area contributed by atoms with Crippen LogP contribution in [0.4, 0.5) is 5.69 Å². The van der Waals surface area contributed by atoms with E-state index < -0.39 is 12.1 Å². The maximum Gasteiger partial charge on any atom is 0.333 e. The van der Waals surface area contributed by atoms with Gasteiger partial charge in [-0.25, -0.2) is 4.79 Å². The van der Waals surface area contributed by atoms with Crippen molar-refractivity contribution in [2.24, 2.45) is 5.16 Å². The number of fused-ring (bicyclic) bond motifs is 1. The van der Waals surface area contributed by atoms with E-state index in [1.807, 2.05) is 36.4 Å². The lowest BCUT2D eigenvalue weighted by Gasteiger charge is -2.29. The normalized spacial score (nSPS) is 16.7. The minimum atomic E-state index is -0.976. The highest BCUT2D eigenvalue weighted by molar-refractivity contribution is 8.00. The van der Waals surface area contributed by atoms with Crippen LogP contribution in [0.3, 0.4) is 0 Å². The molecule has 1 atom stereocenters. The highest BCUT2D eigenvalue weighted by Crippen LogP contribution is 2.36. The van der Waals surface area contributed by atoms with Crippen molar-refractivity contribution in [3.05, 3.63) is 77.4 Å². The Bertz CT molecular complexity index is 1240. The first-order chi connectivity index (χ1) is 18.5. The van der Waals surface area contributed by atoms with Crippen LogP contribution in [0.5, 0.6) is 5.75 Å². The predicted octanol–water partition coefficient (Wildman–Crippen LogP) is 4.67. The zero-order valence-electron chi connectivity index (χ0n) is 21.6. The van der Waals surface area contributed by atoms with Crippen LogP contribution < -0.4 is 9.64 Å². The van der Waals surface area contributed by atoms with E-state index >= 15 is 0 Å². The molecule has 1 N–H and O–H groups in total. The van der Waals surface area contributed by atoms with Gasteiger partial charge in [-0.15, -0.1) is 11.8 Å². The highest BCUT2D eigenvalue weighted by Gasteiger charge is 2.25. The molecule has 1 unspecified atom stereocenters. The summed E-state index contributed by atoms with van der Waals surface area (Å²) in [7, 11) is 1.55. The van der Waals surface area contributed by atoms with Crippen molar-refractivity contribution in [1.29, 1.82) is 0 Å². The standard InChI is InChI=1S/C29H32N2O6S/c1-3-36-26(29(33)34)18-20-8-11-23(12-9-20)37-15-14-31-25-17-21(10-13-27(25)38-19-28(31)32)16-22-6-4-5-7-24(22)30-35-2/h4-6,8-13,17,26H,3,7,14-16,18-19H2,1-2H3,(H,33,34). The van der Waals surface area contributed by atoms with E-state index in [2.05, 4.69) is 29.4 Å². The Kier molecular flexibility index (Phi) is 9.62. The summed E-state index contributed by atoms with van der Waals surface area (Å²) >= 11 is 1.55. The van der Waals surface area contributed by atoms with Crippen molar-refractivity contribution in [2.75, 3.05) is 37.5 Å². The molecule has 38 heavy (non-hydrogen) atoms. The topological polar surface area (TPSA) is 97.7 Å². The second kappa shape index (κ2) is 13.3. The Balaban J connectivity index is 1.39. The highest BCUT2D eigenvalue weighted by atomic mass is 32.2. The summed E-state index contributed by atoms with van der Waals surface area (Å²) in [4.78, 5) is 32.0. The van der Waals surface area contributed by atoms with E-state index in [1.54, 1.807) is 30.7 Å². The molecule has 0 fully saturated rings. The van der Waals surface area contributed by atoms with Gasteiger partial charge >= 0.3 is 5.97 Å². The molecule has 1 amide bonds. The number of allylic oxidation sites excluding steroid dienone is 4. The van der Waals surface area contributed by atoms with Gasteiger partial charge in [0.05, 0.1) is 23.7 Å². The van der Waals surface area contributed by atoms with Gasteiger partial charge in [-0.1, -0.05) is 41.6 Å². The van der Waals surface area contributed by atoms with Gasteiger partial charge in [0, 0.05) is 24.3 Å². The molecule has 2 aliphatic rings. The van der Waals surface area contributed by atoms with Crippen LogP contribution in [-0.4, -0.2) is 61.4 Å². The van der Waals surface area contributed by atoms with E-state index in [0.717, 1.165) is 39.4 Å². The lowest BCUT2D eigenvalue weighted by atomic mass is 9.95. The fourth-order valence-electron chi connectivity index (χ4n) is 4.39. The number of anilines is 1. The molecule has 2 aromatic rings. The first-order valence-electron chi connectivity index (χ1n) is 12.6. The number of thioether (sulfide) groups is 1. The Labute approximate surface area is 226 Å². The van der Waals surface area contributed by atoms with Crippen LogP contribution in [0.25, 0.3) is 0 Å². The third kappa shape index (κ3) is 7.05. The molecule has 8 nitrogen and oxygen atoms in total. The first-order valence-corrected chi connectivity index (χ1v) is 13.6. The van der Waals surface area contributed by atoms with Gasteiger partial charge < -0.3 is 24.3 Å². The number of carboxylic acid groups (broad SMARTS) is 1. The van der Waals surface area contributed by atoms with E-state index in [9.17, 15) is 14.7 Å². The molecule has 9 heteroatoms. The van der Waals surface area contributed by atoms with Crippen LogP contribution in [0.2, 0.25) is 0 Å². The Morgan fingerprint density at radius 1 is 1.18 bits per heavy atom. The number of amides is 1. The number of ether oxygens (including phenoxy) is 2. The van der Waals surface area contributed by atoms with Gasteiger partial charge in [-0.2, -0.15) is 0 Å². The summed E-state index contributed by atoms with van der Waals surface area (Å²) in [6.07, 6.45) is 6.97. The molecule has 200 valence electrons. The van der Waals surface area contributed by atoms with Crippen molar-refractivity contribution < 1.29 is 29.0 Å². The quantitative estimate of drug-likeness (QED) is 0.394. The summed E-state index contributed by atoms with van der Waals surface area (Å²) in [5.74, 6) is 0.130. The van der Waals surface area contributed by atoms with Gasteiger partial charge in [0.1, 0.15) is 19.5 Å². The molecule has 1 aliphatic carbocycles. The van der Waals surface area contributed by atoms with Gasteiger partial charge in [0.15, 0.2) is 6.10 Å². The van der Waals surface area contributed by atoms with Crippen molar-refractivity contribution in [3.8, 4) is 5.75 Å². The smallest absolute Gasteiger partial charge is 0.333 e. The number of nitrogens with zero attached hydrogens (tertiary/aromatic N) is 2. The number of oxime groups is 1. The van der Waals surface area contributed by atoms with Gasteiger partial charge in [-0.3, -0.25) is 4.79 Å². The molecule has 0 radical (unpaired) electrons. The first kappa shape index (κ1) is 27.5. The zero-order valence-corrected chi connectivity index (χ0v) is 22.4. The van der Waals surface area contributed by atoms with Crippen LogP contribution in [-0.2, 0) is 32.0 Å². The Morgan fingerprint density at radius 2 is 1.97 bits per heavy atom. The maximum absolute atomic E-state index is 12.8. The van der Waals surface area contributed by atoms with Crippen molar-refractivity contribution in [2.45, 2.75) is 37.2 Å². The molecule has 1 heterocycles. The molecule has 0 bridgehead atoms. The average Bonchev–Trinajstić information content (AvgIpc) is 2.92. The molecule has 0 aromatic heterocycles. The SMILES string of the molecule is CCOC(Cc1ccc(OCCN2C(=O)CSc3ccc(CC4=CC=CCC4=NOC)cc32)cc1)C(=O)O. The van der Waals surface area contributed by atoms with E-state index in [0.29, 0.717) is 37.7 Å². The summed E-state index contributed by atoms with van der Waals surface area (Å²) in [5.41, 5.74) is 4.85. The lowest BCUT2D eigenvalue weighted by Crippen LogP contribution is -2.38. The van der Waals surface area contributed by atoms with E-state index in [-0.39, 0.29) is 12.3 Å². The number of rotatable bonds is 12. The van der Waals surface area contributed by atoms with E-state index in [4.69, 9.17) is 14.3 Å². The minimum Gasteiger partial charge on any atom is -0.492 e. The molecule has 0 spiro atoms. The number of benzene rings is 2. The van der Waals surface area contributed by atoms with E-state index in [1.165, 1.54) is 0 Å². The predicted molar refractivity (Wildman–Crippen MR) is 148 cm³/mol. The molecule has 1 aliphatic heterocycles. The summed E-state index contributed by atoms with van der Waals surface area (Å²) in [6.45, 7) is 2.87. The van der Waals surface area contributed by atoms with Crippen molar-refractivity contribution >= 4 is 35.0 Å². The summed E-state index contributed by atoms with van der Waals surface area (Å²) < 4.78 is 11.2. The Hall–Kier alpha value is -3.56. The van der Waals surface area contributed by atoms with Crippen molar-refractivity contribution in [1.82, 2.24) is 0 Å². The molecule has 4 rings (SSSR count). The summed E-state index contributed by atoms with van der Waals surface area (Å²) in [5, 5.41) is 13.4. The van der Waals surface area contributed by atoms with Crippen LogP contribution in [0, 0.1) is 0 Å². The number of carbonyl (C=O) groups excluding carboxylic acids is 1. The monoisotopic (exact) mass is 536 g/mol. The third-order valence-corrected chi connectivity index (χ3v) is 7.30. The Morgan fingerprint density at radius 3 is 2.71 bits per heavy atom. The number of hydrogen-bond donors (Lipinski definition) is 1. The van der Waals surface area contributed by atoms with Gasteiger partial charge in [-0.05, 0) is 54.3 Å². The third-order valence-electron chi connectivity index (χ3n) is 6.25. The fourth-order valence-corrected chi connectivity index (χ4v) is 5.31. The van der Waals surface area contributed by atoms with Crippen LogP contribution in [0.15, 0.2) is 76.3 Å². The molecule has 0 saturated heterocycles. The zero-order chi connectivity index (χ0) is 26.9. The lowest BCUT2D eigenvalue weighted by molar-refractivity contribution is -0.149. The minimum absolute atomic E-state index is 0.0516.